The summed E-state index contributed by atoms with van der Waals surface area (Å²) in [6.45, 7) is 0.165. The van der Waals surface area contributed by atoms with Gasteiger partial charge in [0.1, 0.15) is 0 Å². The Morgan fingerprint density at radius 3 is 2.15 bits per heavy atom. The monoisotopic (exact) mass is 192 g/mol. The summed E-state index contributed by atoms with van der Waals surface area (Å²) in [5.41, 5.74) is 0. The van der Waals surface area contributed by atoms with Gasteiger partial charge in [0.25, 0.3) is 0 Å². The molecule has 0 aliphatic heterocycles. The molecule has 0 fully saturated rings. The van der Waals surface area contributed by atoms with E-state index in [9.17, 15) is 9.59 Å². The number of aliphatic hydroxyl groups is 2. The molecule has 1 unspecified atom stereocenters. The molecule has 0 radical (unpaired) electrons. The van der Waals surface area contributed by atoms with Crippen LogP contribution in [0.15, 0.2) is 0 Å². The van der Waals surface area contributed by atoms with E-state index in [0.717, 1.165) is 0 Å². The molecule has 0 bridgehead atoms. The van der Waals surface area contributed by atoms with Crippen LogP contribution >= 0.6 is 0 Å². The summed E-state index contributed by atoms with van der Waals surface area (Å²) in [6, 6.07) is 0. The molecule has 0 aromatic heterocycles. The van der Waals surface area contributed by atoms with Crippen molar-refractivity contribution in [2.75, 3.05) is 20.0 Å². The number of carbonyl (C=O) groups excluding carboxylic acids is 2. The van der Waals surface area contributed by atoms with Gasteiger partial charge in [0.05, 0.1) is 13.2 Å². The standard InChI is InChI=1S/C7H12O6/c1-2-12-6(10)5(3-8)7(11)13-4-9/h5,8-9H,2-4H2,1H3. The van der Waals surface area contributed by atoms with Crippen molar-refractivity contribution >= 4 is 11.9 Å². The van der Waals surface area contributed by atoms with Crippen molar-refractivity contribution in [3.05, 3.63) is 0 Å². The molecule has 0 aromatic rings. The maximum absolute atomic E-state index is 10.9. The Morgan fingerprint density at radius 2 is 1.77 bits per heavy atom. The highest BCUT2D eigenvalue weighted by molar-refractivity contribution is 5.95. The summed E-state index contributed by atoms with van der Waals surface area (Å²) in [5.74, 6) is -3.22. The summed E-state index contributed by atoms with van der Waals surface area (Å²) in [5, 5.41) is 16.9. The van der Waals surface area contributed by atoms with Gasteiger partial charge in [-0.2, -0.15) is 0 Å². The van der Waals surface area contributed by atoms with Crippen LogP contribution in [0.4, 0.5) is 0 Å². The molecule has 0 saturated carbocycles. The SMILES string of the molecule is CCOC(=O)C(CO)C(=O)OCO. The fourth-order valence-corrected chi connectivity index (χ4v) is 0.652. The van der Waals surface area contributed by atoms with Crippen LogP contribution in [0.1, 0.15) is 6.92 Å². The first-order valence-corrected chi connectivity index (χ1v) is 3.72. The highest BCUT2D eigenvalue weighted by atomic mass is 16.6. The fraction of sp³-hybridized carbons (Fsp3) is 0.714. The quantitative estimate of drug-likeness (QED) is 0.318. The Balaban J connectivity index is 4.15. The van der Waals surface area contributed by atoms with E-state index in [1.54, 1.807) is 6.92 Å². The summed E-state index contributed by atoms with van der Waals surface area (Å²) in [7, 11) is 0. The first-order chi connectivity index (χ1) is 6.17. The van der Waals surface area contributed by atoms with Gasteiger partial charge < -0.3 is 19.7 Å². The maximum atomic E-state index is 10.9. The molecule has 13 heavy (non-hydrogen) atoms. The van der Waals surface area contributed by atoms with Gasteiger partial charge in [-0.25, -0.2) is 0 Å². The molecule has 0 saturated heterocycles. The maximum Gasteiger partial charge on any atom is 0.324 e. The van der Waals surface area contributed by atoms with Crippen LogP contribution in [0.25, 0.3) is 0 Å². The Morgan fingerprint density at radius 1 is 1.23 bits per heavy atom. The fourth-order valence-electron chi connectivity index (χ4n) is 0.652. The van der Waals surface area contributed by atoms with Crippen LogP contribution in [0.3, 0.4) is 0 Å². The van der Waals surface area contributed by atoms with Crippen molar-refractivity contribution in [2.45, 2.75) is 6.92 Å². The summed E-state index contributed by atoms with van der Waals surface area (Å²) >= 11 is 0. The lowest BCUT2D eigenvalue weighted by atomic mass is 10.2. The van der Waals surface area contributed by atoms with E-state index in [0.29, 0.717) is 0 Å². The molecular weight excluding hydrogens is 180 g/mol. The second kappa shape index (κ2) is 6.38. The van der Waals surface area contributed by atoms with Crippen molar-refractivity contribution in [3.8, 4) is 0 Å². The molecule has 6 nitrogen and oxygen atoms in total. The first kappa shape index (κ1) is 11.9. The number of aliphatic hydroxyl groups excluding tert-OH is 2. The number of rotatable bonds is 5. The molecule has 1 atom stereocenters. The molecule has 0 aliphatic carbocycles. The van der Waals surface area contributed by atoms with Gasteiger partial charge >= 0.3 is 11.9 Å². The lowest BCUT2D eigenvalue weighted by molar-refractivity contribution is -0.168. The zero-order valence-electron chi connectivity index (χ0n) is 7.23. The molecule has 0 spiro atoms. The van der Waals surface area contributed by atoms with Crippen molar-refractivity contribution in [1.82, 2.24) is 0 Å². The lowest BCUT2D eigenvalue weighted by Crippen LogP contribution is -2.31. The van der Waals surface area contributed by atoms with Gasteiger partial charge in [-0.1, -0.05) is 0 Å². The predicted octanol–water partition coefficient (Wildman–Crippen LogP) is -1.35. The zero-order chi connectivity index (χ0) is 10.3. The minimum atomic E-state index is -1.37. The van der Waals surface area contributed by atoms with Gasteiger partial charge in [0.15, 0.2) is 12.7 Å². The topological polar surface area (TPSA) is 93.1 Å². The highest BCUT2D eigenvalue weighted by Gasteiger charge is 2.28. The minimum Gasteiger partial charge on any atom is -0.465 e. The normalized spacial score (nSPS) is 11.9. The van der Waals surface area contributed by atoms with Gasteiger partial charge in [-0.05, 0) is 6.92 Å². The molecule has 0 heterocycles. The van der Waals surface area contributed by atoms with E-state index in [1.165, 1.54) is 0 Å². The third kappa shape index (κ3) is 3.86. The highest BCUT2D eigenvalue weighted by Crippen LogP contribution is 2.01. The molecule has 76 valence electrons. The number of esters is 2. The Bertz CT molecular complexity index is 160. The van der Waals surface area contributed by atoms with E-state index in [2.05, 4.69) is 9.47 Å². The minimum absolute atomic E-state index is 0.113. The number of hydrogen-bond acceptors (Lipinski definition) is 6. The molecule has 0 amide bonds. The number of ether oxygens (including phenoxy) is 2. The molecule has 0 aliphatic rings. The van der Waals surface area contributed by atoms with Gasteiger partial charge in [-0.15, -0.1) is 0 Å². The van der Waals surface area contributed by atoms with E-state index in [4.69, 9.17) is 10.2 Å². The Labute approximate surface area is 75.1 Å². The molecule has 0 rings (SSSR count). The Hall–Kier alpha value is -1.14. The molecular formula is C7H12O6. The lowest BCUT2D eigenvalue weighted by Gasteiger charge is -2.10. The molecule has 2 N–H and O–H groups in total. The number of carbonyl (C=O) groups is 2. The smallest absolute Gasteiger partial charge is 0.324 e. The van der Waals surface area contributed by atoms with Crippen LogP contribution in [0, 0.1) is 5.92 Å². The van der Waals surface area contributed by atoms with E-state index in [-0.39, 0.29) is 6.61 Å². The third-order valence-corrected chi connectivity index (χ3v) is 1.25. The predicted molar refractivity (Wildman–Crippen MR) is 40.4 cm³/mol. The van der Waals surface area contributed by atoms with Crippen LogP contribution < -0.4 is 0 Å². The second-order valence-corrected chi connectivity index (χ2v) is 2.08. The summed E-state index contributed by atoms with van der Waals surface area (Å²) in [6.07, 6.45) is 0. The van der Waals surface area contributed by atoms with Crippen LogP contribution in [0.2, 0.25) is 0 Å². The second-order valence-electron chi connectivity index (χ2n) is 2.08. The zero-order valence-corrected chi connectivity index (χ0v) is 7.23. The third-order valence-electron chi connectivity index (χ3n) is 1.25. The van der Waals surface area contributed by atoms with Crippen LogP contribution in [-0.2, 0) is 19.1 Å². The Kier molecular flexibility index (Phi) is 5.82. The molecule has 6 heteroatoms. The summed E-state index contributed by atoms with van der Waals surface area (Å²) in [4.78, 5) is 21.8. The van der Waals surface area contributed by atoms with Crippen molar-refractivity contribution in [3.63, 3.8) is 0 Å². The van der Waals surface area contributed by atoms with E-state index >= 15 is 0 Å². The average molecular weight is 192 g/mol. The van der Waals surface area contributed by atoms with Gasteiger partial charge in [0, 0.05) is 0 Å². The van der Waals surface area contributed by atoms with Crippen molar-refractivity contribution in [1.29, 1.82) is 0 Å². The molecule has 0 aromatic carbocycles. The van der Waals surface area contributed by atoms with Crippen LogP contribution in [0.5, 0.6) is 0 Å². The summed E-state index contributed by atoms with van der Waals surface area (Å²) < 4.78 is 8.60. The average Bonchev–Trinajstić information content (AvgIpc) is 2.06. The van der Waals surface area contributed by atoms with Crippen molar-refractivity contribution in [2.24, 2.45) is 5.92 Å². The first-order valence-electron chi connectivity index (χ1n) is 3.72. The van der Waals surface area contributed by atoms with E-state index < -0.39 is 31.3 Å². The largest absolute Gasteiger partial charge is 0.465 e. The van der Waals surface area contributed by atoms with E-state index in [1.807, 2.05) is 0 Å². The van der Waals surface area contributed by atoms with Crippen molar-refractivity contribution < 1.29 is 29.3 Å². The van der Waals surface area contributed by atoms with Gasteiger partial charge in [-0.3, -0.25) is 9.59 Å². The van der Waals surface area contributed by atoms with Crippen LogP contribution in [-0.4, -0.2) is 42.2 Å². The van der Waals surface area contributed by atoms with Gasteiger partial charge in [0.2, 0.25) is 0 Å². The number of hydrogen-bond donors (Lipinski definition) is 2.